The fraction of sp³-hybridized carbons (Fsp3) is 0.455. The molecule has 0 amide bonds. The van der Waals surface area contributed by atoms with Crippen LogP contribution in [0.4, 0.5) is 5.69 Å². The van der Waals surface area contributed by atoms with Gasteiger partial charge < -0.3 is 5.32 Å². The molecule has 1 nitrogen and oxygen atoms in total. The summed E-state index contributed by atoms with van der Waals surface area (Å²) < 4.78 is 1.18. The van der Waals surface area contributed by atoms with Crippen molar-refractivity contribution in [2.45, 2.75) is 33.7 Å². The van der Waals surface area contributed by atoms with Crippen molar-refractivity contribution in [1.29, 1.82) is 0 Å². The molecule has 0 unspecified atom stereocenters. The number of halogens is 1. The van der Waals surface area contributed by atoms with Crippen LogP contribution in [-0.4, -0.2) is 6.04 Å². The van der Waals surface area contributed by atoms with Crippen LogP contribution in [0.15, 0.2) is 16.6 Å². The van der Waals surface area contributed by atoms with Crippen LogP contribution in [0.1, 0.15) is 25.0 Å². The molecule has 0 saturated carbocycles. The summed E-state index contributed by atoms with van der Waals surface area (Å²) in [7, 11) is 0. The standard InChI is InChI=1S/C11H16BrN/c1-7(2)13-11-6-8(3)10(12)5-9(11)4/h5-7,13H,1-4H3. The lowest BCUT2D eigenvalue weighted by atomic mass is 10.1. The van der Waals surface area contributed by atoms with Gasteiger partial charge in [-0.1, -0.05) is 15.9 Å². The van der Waals surface area contributed by atoms with Gasteiger partial charge in [0.25, 0.3) is 0 Å². The van der Waals surface area contributed by atoms with Crippen molar-refractivity contribution in [3.05, 3.63) is 27.7 Å². The van der Waals surface area contributed by atoms with Crippen LogP contribution < -0.4 is 5.32 Å². The first kappa shape index (κ1) is 10.6. The maximum atomic E-state index is 3.52. The molecule has 0 aliphatic heterocycles. The van der Waals surface area contributed by atoms with E-state index in [9.17, 15) is 0 Å². The summed E-state index contributed by atoms with van der Waals surface area (Å²) in [5, 5.41) is 3.42. The zero-order valence-corrected chi connectivity index (χ0v) is 10.2. The highest BCUT2D eigenvalue weighted by atomic mass is 79.9. The van der Waals surface area contributed by atoms with Crippen LogP contribution in [0, 0.1) is 13.8 Å². The van der Waals surface area contributed by atoms with E-state index in [1.807, 2.05) is 0 Å². The quantitative estimate of drug-likeness (QED) is 0.829. The third-order valence-corrected chi connectivity index (χ3v) is 2.80. The number of nitrogens with one attached hydrogen (secondary N) is 1. The van der Waals surface area contributed by atoms with Crippen molar-refractivity contribution in [2.75, 3.05) is 5.32 Å². The third kappa shape index (κ3) is 2.73. The van der Waals surface area contributed by atoms with Crippen molar-refractivity contribution in [1.82, 2.24) is 0 Å². The number of anilines is 1. The summed E-state index contributed by atoms with van der Waals surface area (Å²) >= 11 is 3.52. The molecular weight excluding hydrogens is 226 g/mol. The lowest BCUT2D eigenvalue weighted by Gasteiger charge is -2.14. The third-order valence-electron chi connectivity index (χ3n) is 1.95. The van der Waals surface area contributed by atoms with Crippen LogP contribution in [0.25, 0.3) is 0 Å². The van der Waals surface area contributed by atoms with E-state index >= 15 is 0 Å². The minimum Gasteiger partial charge on any atom is -0.383 e. The summed E-state index contributed by atoms with van der Waals surface area (Å²) in [6, 6.07) is 4.82. The number of benzene rings is 1. The average Bonchev–Trinajstić information content (AvgIpc) is 1.99. The van der Waals surface area contributed by atoms with Crippen molar-refractivity contribution in [3.63, 3.8) is 0 Å². The Kier molecular flexibility index (Phi) is 3.37. The lowest BCUT2D eigenvalue weighted by molar-refractivity contribution is 0.897. The molecular formula is C11H16BrN. The van der Waals surface area contributed by atoms with Gasteiger partial charge >= 0.3 is 0 Å². The minimum atomic E-state index is 0.485. The summed E-state index contributed by atoms with van der Waals surface area (Å²) in [5.74, 6) is 0. The molecule has 0 atom stereocenters. The maximum Gasteiger partial charge on any atom is 0.0375 e. The van der Waals surface area contributed by atoms with Gasteiger partial charge in [-0.15, -0.1) is 0 Å². The predicted octanol–water partition coefficient (Wildman–Crippen LogP) is 3.89. The van der Waals surface area contributed by atoms with Crippen molar-refractivity contribution >= 4 is 21.6 Å². The van der Waals surface area contributed by atoms with Gasteiger partial charge in [0.1, 0.15) is 0 Å². The summed E-state index contributed by atoms with van der Waals surface area (Å²) in [4.78, 5) is 0. The monoisotopic (exact) mass is 241 g/mol. The van der Waals surface area contributed by atoms with E-state index in [1.54, 1.807) is 0 Å². The normalized spacial score (nSPS) is 10.6. The molecule has 0 aliphatic carbocycles. The highest BCUT2D eigenvalue weighted by molar-refractivity contribution is 9.10. The Morgan fingerprint density at radius 2 is 1.77 bits per heavy atom. The fourth-order valence-corrected chi connectivity index (χ4v) is 1.71. The van der Waals surface area contributed by atoms with E-state index < -0.39 is 0 Å². The zero-order chi connectivity index (χ0) is 10.0. The molecule has 0 heterocycles. The maximum absolute atomic E-state index is 3.52. The largest absolute Gasteiger partial charge is 0.383 e. The lowest BCUT2D eigenvalue weighted by Crippen LogP contribution is -2.10. The second kappa shape index (κ2) is 4.14. The first-order valence-electron chi connectivity index (χ1n) is 4.54. The molecule has 1 N–H and O–H groups in total. The smallest absolute Gasteiger partial charge is 0.0375 e. The second-order valence-electron chi connectivity index (χ2n) is 3.72. The molecule has 0 saturated heterocycles. The van der Waals surface area contributed by atoms with E-state index in [1.165, 1.54) is 21.3 Å². The minimum absolute atomic E-state index is 0.485. The van der Waals surface area contributed by atoms with E-state index in [0.29, 0.717) is 6.04 Å². The first-order valence-corrected chi connectivity index (χ1v) is 5.33. The van der Waals surface area contributed by atoms with Crippen molar-refractivity contribution in [2.24, 2.45) is 0 Å². The van der Waals surface area contributed by atoms with Gasteiger partial charge in [-0.05, 0) is 51.0 Å². The average molecular weight is 242 g/mol. The Morgan fingerprint density at radius 3 is 2.31 bits per heavy atom. The van der Waals surface area contributed by atoms with Gasteiger partial charge in [0.05, 0.1) is 0 Å². The van der Waals surface area contributed by atoms with Gasteiger partial charge in [-0.3, -0.25) is 0 Å². The SMILES string of the molecule is Cc1cc(NC(C)C)c(C)cc1Br. The van der Waals surface area contributed by atoms with Gasteiger partial charge in [0.15, 0.2) is 0 Å². The first-order chi connectivity index (χ1) is 6.00. The summed E-state index contributed by atoms with van der Waals surface area (Å²) in [6.07, 6.45) is 0. The van der Waals surface area contributed by atoms with Crippen molar-refractivity contribution < 1.29 is 0 Å². The summed E-state index contributed by atoms with van der Waals surface area (Å²) in [6.45, 7) is 8.53. The van der Waals surface area contributed by atoms with Crippen LogP contribution in [0.5, 0.6) is 0 Å². The van der Waals surface area contributed by atoms with E-state index in [0.717, 1.165) is 0 Å². The molecule has 0 bridgehead atoms. The Balaban J connectivity index is 3.01. The van der Waals surface area contributed by atoms with Gasteiger partial charge in [-0.2, -0.15) is 0 Å². The number of rotatable bonds is 2. The van der Waals surface area contributed by atoms with Crippen molar-refractivity contribution in [3.8, 4) is 0 Å². The highest BCUT2D eigenvalue weighted by Crippen LogP contribution is 2.24. The molecule has 0 fully saturated rings. The highest BCUT2D eigenvalue weighted by Gasteiger charge is 2.02. The van der Waals surface area contributed by atoms with Crippen LogP contribution in [0.3, 0.4) is 0 Å². The Labute approximate surface area is 88.7 Å². The summed E-state index contributed by atoms with van der Waals surface area (Å²) in [5.41, 5.74) is 3.79. The predicted molar refractivity (Wildman–Crippen MR) is 62.4 cm³/mol. The molecule has 0 aromatic heterocycles. The van der Waals surface area contributed by atoms with E-state index in [-0.39, 0.29) is 0 Å². The molecule has 1 aromatic carbocycles. The Morgan fingerprint density at radius 1 is 1.15 bits per heavy atom. The molecule has 0 radical (unpaired) electrons. The topological polar surface area (TPSA) is 12.0 Å². The molecule has 1 rings (SSSR count). The molecule has 72 valence electrons. The number of hydrogen-bond donors (Lipinski definition) is 1. The zero-order valence-electron chi connectivity index (χ0n) is 8.61. The fourth-order valence-electron chi connectivity index (χ4n) is 1.25. The molecule has 13 heavy (non-hydrogen) atoms. The van der Waals surface area contributed by atoms with Gasteiger partial charge in [0, 0.05) is 16.2 Å². The molecule has 2 heteroatoms. The molecule has 1 aromatic rings. The van der Waals surface area contributed by atoms with Crippen LogP contribution >= 0.6 is 15.9 Å². The van der Waals surface area contributed by atoms with Crippen LogP contribution in [-0.2, 0) is 0 Å². The van der Waals surface area contributed by atoms with Gasteiger partial charge in [-0.25, -0.2) is 0 Å². The van der Waals surface area contributed by atoms with E-state index in [2.05, 4.69) is 61.1 Å². The number of aryl methyl sites for hydroxylation is 2. The molecule has 0 spiro atoms. The van der Waals surface area contributed by atoms with Crippen LogP contribution in [0.2, 0.25) is 0 Å². The van der Waals surface area contributed by atoms with Gasteiger partial charge in [0.2, 0.25) is 0 Å². The molecule has 0 aliphatic rings. The number of hydrogen-bond acceptors (Lipinski definition) is 1. The Hall–Kier alpha value is -0.500. The second-order valence-corrected chi connectivity index (χ2v) is 4.57. The Bertz CT molecular complexity index is 305. The van der Waals surface area contributed by atoms with E-state index in [4.69, 9.17) is 0 Å².